The number of morpholine rings is 1. The van der Waals surface area contributed by atoms with Crippen LogP contribution < -0.4 is 4.74 Å². The van der Waals surface area contributed by atoms with Crippen LogP contribution in [0.3, 0.4) is 0 Å². The van der Waals surface area contributed by atoms with Crippen LogP contribution in [-0.2, 0) is 11.2 Å². The molecule has 1 aromatic carbocycles. The molecule has 7 heteroatoms. The fourth-order valence-electron chi connectivity index (χ4n) is 6.43. The van der Waals surface area contributed by atoms with Crippen LogP contribution in [-0.4, -0.2) is 72.1 Å². The van der Waals surface area contributed by atoms with Crippen molar-refractivity contribution in [3.8, 4) is 5.75 Å². The van der Waals surface area contributed by atoms with Gasteiger partial charge in [-0.15, -0.1) is 0 Å². The van der Waals surface area contributed by atoms with E-state index in [1.165, 1.54) is 83.5 Å². The topological polar surface area (TPSA) is 74.9 Å². The lowest BCUT2D eigenvalue weighted by atomic mass is 10.0. The molecule has 0 aliphatic carbocycles. The van der Waals surface area contributed by atoms with Gasteiger partial charge in [0.15, 0.2) is 0 Å². The molecule has 3 rings (SSSR count). The standard InChI is InChI=1S/C39H63N3O4/c1-3-4-5-6-7-8-9-10-11-12-13-14-15-16-17-21-29-42(39(44)46-36-24-19-18-20-25-36)34(2)38(43)37-35(26-27-40-37)23-22-28-41-30-32-45-33-31-41/h18-20,24-27,34,40H,3-17,21-23,28-33H2,1-2H3. The molecule has 0 bridgehead atoms. The van der Waals surface area contributed by atoms with Crippen LogP contribution in [0, 0.1) is 0 Å². The van der Waals surface area contributed by atoms with Crippen molar-refractivity contribution in [1.82, 2.24) is 14.8 Å². The fourth-order valence-corrected chi connectivity index (χ4v) is 6.43. The predicted octanol–water partition coefficient (Wildman–Crippen LogP) is 9.61. The minimum atomic E-state index is -0.621. The molecule has 1 aliphatic heterocycles. The summed E-state index contributed by atoms with van der Waals surface area (Å²) in [6.45, 7) is 9.12. The maximum absolute atomic E-state index is 13.8. The quantitative estimate of drug-likeness (QED) is 0.0867. The number of aromatic amines is 1. The summed E-state index contributed by atoms with van der Waals surface area (Å²) in [4.78, 5) is 34.4. The Bertz CT molecular complexity index is 1070. The number of hydrogen-bond donors (Lipinski definition) is 1. The second-order valence-corrected chi connectivity index (χ2v) is 13.2. The molecule has 1 aliphatic rings. The lowest BCUT2D eigenvalue weighted by Crippen LogP contribution is -2.45. The van der Waals surface area contributed by atoms with Crippen molar-refractivity contribution in [3.05, 3.63) is 53.9 Å². The van der Waals surface area contributed by atoms with Crippen LogP contribution in [0.2, 0.25) is 0 Å². The Hall–Kier alpha value is -2.64. The molecular weight excluding hydrogens is 574 g/mol. The zero-order chi connectivity index (χ0) is 32.7. The molecule has 2 aromatic rings. The number of unbranched alkanes of at least 4 members (excludes halogenated alkanes) is 15. The number of carbonyl (C=O) groups excluding carboxylic acids is 2. The molecular formula is C39H63N3O4. The van der Waals surface area contributed by atoms with Crippen molar-refractivity contribution in [2.75, 3.05) is 39.4 Å². The molecule has 46 heavy (non-hydrogen) atoms. The number of hydrogen-bond acceptors (Lipinski definition) is 5. The van der Waals surface area contributed by atoms with Crippen molar-refractivity contribution in [1.29, 1.82) is 0 Å². The van der Waals surface area contributed by atoms with Gasteiger partial charge >= 0.3 is 6.09 Å². The van der Waals surface area contributed by atoms with Gasteiger partial charge < -0.3 is 14.5 Å². The molecule has 0 radical (unpaired) electrons. The summed E-state index contributed by atoms with van der Waals surface area (Å²) in [5, 5.41) is 0. The average Bonchev–Trinajstić information content (AvgIpc) is 3.55. The number of nitrogens with zero attached hydrogens (tertiary/aromatic N) is 2. The van der Waals surface area contributed by atoms with E-state index >= 15 is 0 Å². The molecule has 2 heterocycles. The summed E-state index contributed by atoms with van der Waals surface area (Å²) in [5.74, 6) is 0.431. The highest BCUT2D eigenvalue weighted by Crippen LogP contribution is 2.19. The van der Waals surface area contributed by atoms with Crippen molar-refractivity contribution in [3.63, 3.8) is 0 Å². The third kappa shape index (κ3) is 14.8. The molecule has 0 saturated carbocycles. The highest BCUT2D eigenvalue weighted by molar-refractivity contribution is 6.01. The van der Waals surface area contributed by atoms with E-state index in [1.54, 1.807) is 17.0 Å². The van der Waals surface area contributed by atoms with Gasteiger partial charge in [-0.3, -0.25) is 14.6 Å². The molecule has 1 unspecified atom stereocenters. The van der Waals surface area contributed by atoms with E-state index in [-0.39, 0.29) is 5.78 Å². The summed E-state index contributed by atoms with van der Waals surface area (Å²) < 4.78 is 11.2. The number of para-hydroxylation sites is 1. The van der Waals surface area contributed by atoms with Crippen molar-refractivity contribution in [2.24, 2.45) is 0 Å². The summed E-state index contributed by atoms with van der Waals surface area (Å²) in [6.07, 6.45) is 23.9. The largest absolute Gasteiger partial charge is 0.415 e. The zero-order valence-electron chi connectivity index (χ0n) is 29.1. The molecule has 1 amide bonds. The normalized spacial score (nSPS) is 14.3. The van der Waals surface area contributed by atoms with E-state index in [0.717, 1.165) is 70.5 Å². The fraction of sp³-hybridized carbons (Fsp3) is 0.692. The van der Waals surface area contributed by atoms with E-state index in [2.05, 4.69) is 16.8 Å². The van der Waals surface area contributed by atoms with E-state index in [9.17, 15) is 9.59 Å². The number of ketones is 1. The highest BCUT2D eigenvalue weighted by Gasteiger charge is 2.30. The first-order valence-electron chi connectivity index (χ1n) is 18.6. The van der Waals surface area contributed by atoms with Gasteiger partial charge in [-0.2, -0.15) is 0 Å². The monoisotopic (exact) mass is 637 g/mol. The van der Waals surface area contributed by atoms with Crippen LogP contribution in [0.25, 0.3) is 0 Å². The van der Waals surface area contributed by atoms with Crippen LogP contribution in [0.5, 0.6) is 5.75 Å². The van der Waals surface area contributed by atoms with E-state index in [0.29, 0.717) is 18.0 Å². The SMILES string of the molecule is CCCCCCCCCCCCCCCCCCN(C(=O)Oc1ccccc1)C(C)C(=O)c1[nH]ccc1CCCN1CCOCC1. The highest BCUT2D eigenvalue weighted by atomic mass is 16.6. The number of ether oxygens (including phenoxy) is 2. The van der Waals surface area contributed by atoms with Gasteiger partial charge in [0.2, 0.25) is 5.78 Å². The Morgan fingerprint density at radius 1 is 0.804 bits per heavy atom. The number of Topliss-reactive ketones (excluding diaryl/α,β-unsaturated/α-hetero) is 1. The average molecular weight is 638 g/mol. The van der Waals surface area contributed by atoms with Crippen molar-refractivity contribution in [2.45, 2.75) is 135 Å². The molecule has 1 aromatic heterocycles. The van der Waals surface area contributed by atoms with Crippen molar-refractivity contribution < 1.29 is 19.1 Å². The smallest absolute Gasteiger partial charge is 0.410 e. The van der Waals surface area contributed by atoms with Gasteiger partial charge in [-0.25, -0.2) is 4.79 Å². The van der Waals surface area contributed by atoms with E-state index in [1.807, 2.05) is 37.4 Å². The first-order valence-corrected chi connectivity index (χ1v) is 18.6. The number of amides is 1. The molecule has 1 atom stereocenters. The lowest BCUT2D eigenvalue weighted by molar-refractivity contribution is 0.0374. The maximum atomic E-state index is 13.8. The van der Waals surface area contributed by atoms with E-state index in [4.69, 9.17) is 9.47 Å². The molecule has 0 spiro atoms. The number of nitrogens with one attached hydrogen (secondary N) is 1. The molecule has 258 valence electrons. The van der Waals surface area contributed by atoms with Gasteiger partial charge in [0, 0.05) is 25.8 Å². The number of carbonyl (C=O) groups is 2. The lowest BCUT2D eigenvalue weighted by Gasteiger charge is -2.28. The minimum Gasteiger partial charge on any atom is -0.410 e. The molecule has 1 N–H and O–H groups in total. The van der Waals surface area contributed by atoms with E-state index < -0.39 is 12.1 Å². The Morgan fingerprint density at radius 3 is 1.96 bits per heavy atom. The number of benzene rings is 1. The summed E-state index contributed by atoms with van der Waals surface area (Å²) in [6, 6.07) is 10.5. The summed E-state index contributed by atoms with van der Waals surface area (Å²) in [5.41, 5.74) is 1.63. The number of aromatic nitrogens is 1. The maximum Gasteiger partial charge on any atom is 0.415 e. The second kappa shape index (κ2) is 23.6. The van der Waals surface area contributed by atoms with Gasteiger partial charge in [-0.05, 0) is 56.5 Å². The van der Waals surface area contributed by atoms with Gasteiger partial charge in [-0.1, -0.05) is 121 Å². The molecule has 7 nitrogen and oxygen atoms in total. The Balaban J connectivity index is 1.39. The summed E-state index contributed by atoms with van der Waals surface area (Å²) in [7, 11) is 0. The number of aryl methyl sites for hydroxylation is 1. The first kappa shape index (κ1) is 37.8. The third-order valence-electron chi connectivity index (χ3n) is 9.39. The Morgan fingerprint density at radius 2 is 1.37 bits per heavy atom. The van der Waals surface area contributed by atoms with Crippen LogP contribution in [0.1, 0.15) is 139 Å². The van der Waals surface area contributed by atoms with Crippen LogP contribution >= 0.6 is 0 Å². The van der Waals surface area contributed by atoms with Crippen LogP contribution in [0.15, 0.2) is 42.6 Å². The first-order chi connectivity index (χ1) is 22.6. The van der Waals surface area contributed by atoms with Gasteiger partial charge in [0.1, 0.15) is 5.75 Å². The third-order valence-corrected chi connectivity index (χ3v) is 9.39. The number of rotatable bonds is 25. The predicted molar refractivity (Wildman–Crippen MR) is 189 cm³/mol. The van der Waals surface area contributed by atoms with Crippen LogP contribution in [0.4, 0.5) is 4.79 Å². The van der Waals surface area contributed by atoms with Gasteiger partial charge in [0.05, 0.1) is 24.9 Å². The Labute approximate surface area is 279 Å². The minimum absolute atomic E-state index is 0.0622. The van der Waals surface area contributed by atoms with Crippen molar-refractivity contribution >= 4 is 11.9 Å². The summed E-state index contributed by atoms with van der Waals surface area (Å²) >= 11 is 0. The second-order valence-electron chi connectivity index (χ2n) is 13.2. The zero-order valence-corrected chi connectivity index (χ0v) is 29.1. The molecule has 1 fully saturated rings. The number of H-pyrrole nitrogens is 1. The Kier molecular flexibility index (Phi) is 19.4. The molecule has 1 saturated heterocycles. The van der Waals surface area contributed by atoms with Gasteiger partial charge in [0.25, 0.3) is 0 Å².